The first kappa shape index (κ1) is 17.4. The Kier molecular flexibility index (Phi) is 5.70. The molecule has 2 rings (SSSR count). The van der Waals surface area contributed by atoms with E-state index in [0.717, 1.165) is 10.8 Å². The Hall–Kier alpha value is -1.96. The molecule has 0 atom stereocenters. The van der Waals surface area contributed by atoms with Crippen LogP contribution < -0.4 is 14.8 Å². The minimum absolute atomic E-state index is 0.124. The Labute approximate surface area is 136 Å². The molecule has 23 heavy (non-hydrogen) atoms. The number of rotatable bonds is 7. The number of carbonyl (C=O) groups excluding carboxylic acids is 1. The van der Waals surface area contributed by atoms with Gasteiger partial charge in [0.2, 0.25) is 0 Å². The molecule has 0 aliphatic rings. The minimum atomic E-state index is -3.53. The number of benzene rings is 2. The molecule has 0 unspecified atom stereocenters. The zero-order chi connectivity index (χ0) is 16.9. The molecule has 3 N–H and O–H groups in total. The van der Waals surface area contributed by atoms with Gasteiger partial charge in [0.1, 0.15) is 0 Å². The topological polar surface area (TPSA) is 87.3 Å². The maximum Gasteiger partial charge on any atom is 0.277 e. The van der Waals surface area contributed by atoms with Crippen LogP contribution in [0.1, 0.15) is 24.2 Å². The second-order valence-corrected chi connectivity index (χ2v) is 6.98. The van der Waals surface area contributed by atoms with Crippen molar-refractivity contribution in [3.63, 3.8) is 0 Å². The second-order valence-electron chi connectivity index (χ2n) is 5.45. The summed E-state index contributed by atoms with van der Waals surface area (Å²) < 4.78 is 28.0. The molecule has 2 aromatic rings. The fourth-order valence-corrected chi connectivity index (χ4v) is 3.31. The van der Waals surface area contributed by atoms with Crippen LogP contribution in [0, 0.1) is 0 Å². The van der Waals surface area contributed by atoms with Crippen LogP contribution in [0.25, 0.3) is 10.8 Å². The second kappa shape index (κ2) is 7.54. The summed E-state index contributed by atoms with van der Waals surface area (Å²) in [5.41, 5.74) is 0.575. The maximum atomic E-state index is 12.3. The summed E-state index contributed by atoms with van der Waals surface area (Å²) >= 11 is 0. The van der Waals surface area contributed by atoms with Crippen LogP contribution in [0.4, 0.5) is 0 Å². The van der Waals surface area contributed by atoms with Gasteiger partial charge in [-0.05, 0) is 30.7 Å². The molecule has 0 aromatic heterocycles. The van der Waals surface area contributed by atoms with Crippen molar-refractivity contribution < 1.29 is 13.2 Å². The van der Waals surface area contributed by atoms with Gasteiger partial charge < -0.3 is 5.32 Å². The lowest BCUT2D eigenvalue weighted by Gasteiger charge is -2.11. The molecule has 7 heteroatoms. The molecule has 0 fully saturated rings. The highest BCUT2D eigenvalue weighted by Gasteiger charge is 2.12. The first-order chi connectivity index (χ1) is 10.9. The monoisotopic (exact) mass is 335 g/mol. The van der Waals surface area contributed by atoms with E-state index < -0.39 is 10.2 Å². The van der Waals surface area contributed by atoms with Crippen LogP contribution in [0.2, 0.25) is 0 Å². The lowest BCUT2D eigenvalue weighted by Crippen LogP contribution is -2.43. The van der Waals surface area contributed by atoms with Gasteiger partial charge in [-0.1, -0.05) is 36.4 Å². The summed E-state index contributed by atoms with van der Waals surface area (Å²) in [4.78, 5) is 12.3. The Morgan fingerprint density at radius 2 is 1.74 bits per heavy atom. The third kappa shape index (κ3) is 5.02. The largest absolute Gasteiger partial charge is 0.351 e. The number of hydrogen-bond donors (Lipinski definition) is 3. The third-order valence-corrected chi connectivity index (χ3v) is 4.49. The SMILES string of the molecule is CC(C)NS(=O)(=O)NCCNC(=O)c1cccc2ccccc12. The molecule has 0 saturated carbocycles. The molecule has 0 aliphatic carbocycles. The van der Waals surface area contributed by atoms with E-state index >= 15 is 0 Å². The smallest absolute Gasteiger partial charge is 0.277 e. The lowest BCUT2D eigenvalue weighted by atomic mass is 10.0. The molecule has 0 heterocycles. The maximum absolute atomic E-state index is 12.3. The van der Waals surface area contributed by atoms with Gasteiger partial charge in [-0.2, -0.15) is 13.1 Å². The van der Waals surface area contributed by atoms with E-state index in [9.17, 15) is 13.2 Å². The standard InChI is InChI=1S/C16H21N3O3S/c1-12(2)19-23(21,22)18-11-10-17-16(20)15-9-5-7-13-6-3-4-8-14(13)15/h3-9,12,18-19H,10-11H2,1-2H3,(H,17,20). The highest BCUT2D eigenvalue weighted by atomic mass is 32.2. The van der Waals surface area contributed by atoms with E-state index in [1.807, 2.05) is 36.4 Å². The van der Waals surface area contributed by atoms with Crippen LogP contribution in [0.5, 0.6) is 0 Å². The highest BCUT2D eigenvalue weighted by molar-refractivity contribution is 7.87. The average Bonchev–Trinajstić information content (AvgIpc) is 2.49. The zero-order valence-corrected chi connectivity index (χ0v) is 14.0. The van der Waals surface area contributed by atoms with Gasteiger partial charge in [0.05, 0.1) is 0 Å². The van der Waals surface area contributed by atoms with Gasteiger partial charge in [-0.25, -0.2) is 4.72 Å². The molecular formula is C16H21N3O3S. The molecule has 0 spiro atoms. The molecule has 6 nitrogen and oxygen atoms in total. The van der Waals surface area contributed by atoms with Gasteiger partial charge in [-0.3, -0.25) is 4.79 Å². The average molecular weight is 335 g/mol. The van der Waals surface area contributed by atoms with Crippen molar-refractivity contribution in [3.8, 4) is 0 Å². The summed E-state index contributed by atoms with van der Waals surface area (Å²) in [5, 5.41) is 4.58. The van der Waals surface area contributed by atoms with Gasteiger partial charge in [0.15, 0.2) is 0 Å². The molecule has 124 valence electrons. The Bertz CT molecular complexity index is 783. The predicted molar refractivity (Wildman–Crippen MR) is 91.5 cm³/mol. The highest BCUT2D eigenvalue weighted by Crippen LogP contribution is 2.18. The number of hydrogen-bond acceptors (Lipinski definition) is 3. The van der Waals surface area contributed by atoms with Crippen LogP contribution in [-0.4, -0.2) is 33.5 Å². The van der Waals surface area contributed by atoms with Crippen molar-refractivity contribution >= 4 is 26.9 Å². The normalized spacial score (nSPS) is 11.8. The quantitative estimate of drug-likeness (QED) is 0.669. The van der Waals surface area contributed by atoms with Crippen LogP contribution >= 0.6 is 0 Å². The van der Waals surface area contributed by atoms with Crippen LogP contribution in [-0.2, 0) is 10.2 Å². The van der Waals surface area contributed by atoms with E-state index in [4.69, 9.17) is 0 Å². The van der Waals surface area contributed by atoms with E-state index in [1.165, 1.54) is 0 Å². The fourth-order valence-electron chi connectivity index (χ4n) is 2.23. The van der Waals surface area contributed by atoms with E-state index in [1.54, 1.807) is 19.9 Å². The Balaban J connectivity index is 1.93. The molecule has 0 saturated heterocycles. The first-order valence-electron chi connectivity index (χ1n) is 7.42. The molecule has 0 bridgehead atoms. The van der Waals surface area contributed by atoms with E-state index in [-0.39, 0.29) is 25.0 Å². The minimum Gasteiger partial charge on any atom is -0.351 e. The first-order valence-corrected chi connectivity index (χ1v) is 8.90. The van der Waals surface area contributed by atoms with Crippen molar-refractivity contribution in [2.75, 3.05) is 13.1 Å². The number of carbonyl (C=O) groups is 1. The number of fused-ring (bicyclic) bond motifs is 1. The van der Waals surface area contributed by atoms with Crippen LogP contribution in [0.15, 0.2) is 42.5 Å². The van der Waals surface area contributed by atoms with Gasteiger partial charge in [0, 0.05) is 24.7 Å². The summed E-state index contributed by atoms with van der Waals surface area (Å²) in [7, 11) is -3.53. The summed E-state index contributed by atoms with van der Waals surface area (Å²) in [6, 6.07) is 13.0. The summed E-state index contributed by atoms with van der Waals surface area (Å²) in [6.07, 6.45) is 0. The lowest BCUT2D eigenvalue weighted by molar-refractivity contribution is 0.0956. The van der Waals surface area contributed by atoms with Gasteiger partial charge in [0.25, 0.3) is 16.1 Å². The van der Waals surface area contributed by atoms with Crippen LogP contribution in [0.3, 0.4) is 0 Å². The van der Waals surface area contributed by atoms with E-state index in [0.29, 0.717) is 5.56 Å². The Morgan fingerprint density at radius 3 is 2.48 bits per heavy atom. The van der Waals surface area contributed by atoms with Crippen molar-refractivity contribution in [3.05, 3.63) is 48.0 Å². The molecule has 1 amide bonds. The van der Waals surface area contributed by atoms with Crippen molar-refractivity contribution in [1.29, 1.82) is 0 Å². The Morgan fingerprint density at radius 1 is 1.04 bits per heavy atom. The zero-order valence-electron chi connectivity index (χ0n) is 13.2. The fraction of sp³-hybridized carbons (Fsp3) is 0.312. The summed E-state index contributed by atoms with van der Waals surface area (Å²) in [6.45, 7) is 3.81. The molecule has 0 aliphatic heterocycles. The number of amides is 1. The van der Waals surface area contributed by atoms with E-state index in [2.05, 4.69) is 14.8 Å². The van der Waals surface area contributed by atoms with Crippen molar-refractivity contribution in [2.24, 2.45) is 0 Å². The molecule has 0 radical (unpaired) electrons. The molecule has 2 aromatic carbocycles. The van der Waals surface area contributed by atoms with Gasteiger partial charge >= 0.3 is 0 Å². The van der Waals surface area contributed by atoms with Crippen molar-refractivity contribution in [1.82, 2.24) is 14.8 Å². The third-order valence-electron chi connectivity index (χ3n) is 3.13. The predicted octanol–water partition coefficient (Wildman–Crippen LogP) is 1.40. The summed E-state index contributed by atoms with van der Waals surface area (Å²) in [5.74, 6) is -0.224. The van der Waals surface area contributed by atoms with Crippen molar-refractivity contribution in [2.45, 2.75) is 19.9 Å². The molecular weight excluding hydrogens is 314 g/mol. The number of nitrogens with one attached hydrogen (secondary N) is 3. The van der Waals surface area contributed by atoms with Gasteiger partial charge in [-0.15, -0.1) is 0 Å².